The number of anilines is 1. The molecule has 0 atom stereocenters. The SMILES string of the molecule is C=C(OCC)C1(C(=O)CC)CCN(c2ccncc2Br)CC1. The Morgan fingerprint density at radius 1 is 1.45 bits per heavy atom. The first-order chi connectivity index (χ1) is 10.5. The highest BCUT2D eigenvalue weighted by atomic mass is 79.9. The first-order valence-electron chi connectivity index (χ1n) is 7.75. The summed E-state index contributed by atoms with van der Waals surface area (Å²) in [5, 5.41) is 0. The predicted molar refractivity (Wildman–Crippen MR) is 91.9 cm³/mol. The van der Waals surface area contributed by atoms with Crippen LogP contribution < -0.4 is 4.90 Å². The molecular weight excluding hydrogens is 344 g/mol. The van der Waals surface area contributed by atoms with Crippen molar-refractivity contribution in [2.45, 2.75) is 33.1 Å². The standard InChI is InChI=1S/C17H23BrN2O2/c1-4-16(21)17(13(3)22-5-2)7-10-20(11-8-17)15-6-9-19-12-14(15)18/h6,9,12H,3-5,7-8,10-11H2,1-2H3. The topological polar surface area (TPSA) is 42.4 Å². The second-order valence-corrected chi connectivity index (χ2v) is 6.38. The van der Waals surface area contributed by atoms with Crippen LogP contribution in [0.25, 0.3) is 0 Å². The number of rotatable bonds is 6. The zero-order valence-electron chi connectivity index (χ0n) is 13.3. The number of halogens is 1. The molecule has 0 saturated carbocycles. The second kappa shape index (κ2) is 7.27. The van der Waals surface area contributed by atoms with Gasteiger partial charge >= 0.3 is 0 Å². The van der Waals surface area contributed by atoms with Crippen LogP contribution in [0.3, 0.4) is 0 Å². The van der Waals surface area contributed by atoms with E-state index >= 15 is 0 Å². The summed E-state index contributed by atoms with van der Waals surface area (Å²) in [6, 6.07) is 2.00. The molecule has 22 heavy (non-hydrogen) atoms. The molecule has 4 nitrogen and oxygen atoms in total. The van der Waals surface area contributed by atoms with Crippen LogP contribution >= 0.6 is 15.9 Å². The lowest BCUT2D eigenvalue weighted by atomic mass is 9.72. The van der Waals surface area contributed by atoms with Crippen LogP contribution in [0.15, 0.2) is 35.3 Å². The Balaban J connectivity index is 2.18. The van der Waals surface area contributed by atoms with Gasteiger partial charge in [-0.15, -0.1) is 0 Å². The Morgan fingerprint density at radius 2 is 2.14 bits per heavy atom. The third-order valence-electron chi connectivity index (χ3n) is 4.42. The molecule has 0 bridgehead atoms. The molecule has 1 aliphatic heterocycles. The molecule has 0 unspecified atom stereocenters. The molecule has 1 saturated heterocycles. The molecule has 2 heterocycles. The van der Waals surface area contributed by atoms with Gasteiger partial charge in [-0.05, 0) is 41.8 Å². The maximum absolute atomic E-state index is 12.5. The van der Waals surface area contributed by atoms with Gasteiger partial charge in [0.1, 0.15) is 11.5 Å². The highest BCUT2D eigenvalue weighted by Crippen LogP contribution is 2.42. The summed E-state index contributed by atoms with van der Waals surface area (Å²) >= 11 is 3.54. The van der Waals surface area contributed by atoms with Gasteiger partial charge in [-0.1, -0.05) is 13.5 Å². The van der Waals surface area contributed by atoms with E-state index in [0.29, 0.717) is 18.8 Å². The van der Waals surface area contributed by atoms with Crippen molar-refractivity contribution in [1.82, 2.24) is 4.98 Å². The molecule has 1 aromatic rings. The predicted octanol–water partition coefficient (Wildman–Crippen LogP) is 3.96. The van der Waals surface area contributed by atoms with E-state index in [9.17, 15) is 4.79 Å². The summed E-state index contributed by atoms with van der Waals surface area (Å²) in [6.07, 6.45) is 5.59. The number of piperidine rings is 1. The first-order valence-corrected chi connectivity index (χ1v) is 8.54. The molecular formula is C17H23BrN2O2. The van der Waals surface area contributed by atoms with Gasteiger partial charge in [0.05, 0.1) is 22.2 Å². The van der Waals surface area contributed by atoms with E-state index in [-0.39, 0.29) is 5.78 Å². The maximum Gasteiger partial charge on any atom is 0.146 e. The third kappa shape index (κ3) is 3.19. The number of aromatic nitrogens is 1. The molecule has 0 aliphatic carbocycles. The molecule has 0 radical (unpaired) electrons. The van der Waals surface area contributed by atoms with Gasteiger partial charge in [0.2, 0.25) is 0 Å². The zero-order chi connectivity index (χ0) is 16.2. The molecule has 120 valence electrons. The average Bonchev–Trinajstić information content (AvgIpc) is 2.55. The molecule has 0 aromatic carbocycles. The number of allylic oxidation sites excluding steroid dienone is 1. The highest BCUT2D eigenvalue weighted by molar-refractivity contribution is 9.10. The molecule has 5 heteroatoms. The van der Waals surface area contributed by atoms with Crippen molar-refractivity contribution < 1.29 is 9.53 Å². The Hall–Kier alpha value is -1.36. The van der Waals surface area contributed by atoms with Crippen LogP contribution in [0.2, 0.25) is 0 Å². The van der Waals surface area contributed by atoms with Crippen LogP contribution in [-0.4, -0.2) is 30.5 Å². The van der Waals surface area contributed by atoms with Crippen LogP contribution in [0.5, 0.6) is 0 Å². The molecule has 0 N–H and O–H groups in total. The summed E-state index contributed by atoms with van der Waals surface area (Å²) in [6.45, 7) is 10.0. The number of nitrogens with zero attached hydrogens (tertiary/aromatic N) is 2. The Labute approximate surface area is 140 Å². The highest BCUT2D eigenvalue weighted by Gasteiger charge is 2.44. The average molecular weight is 367 g/mol. The molecule has 1 aromatic heterocycles. The summed E-state index contributed by atoms with van der Waals surface area (Å²) in [7, 11) is 0. The Kier molecular flexibility index (Phi) is 5.62. The van der Waals surface area contributed by atoms with E-state index in [0.717, 1.165) is 36.1 Å². The number of carbonyl (C=O) groups is 1. The lowest BCUT2D eigenvalue weighted by Crippen LogP contribution is -2.46. The van der Waals surface area contributed by atoms with Crippen molar-refractivity contribution >= 4 is 27.4 Å². The first kappa shape index (κ1) is 17.0. The van der Waals surface area contributed by atoms with Gasteiger partial charge < -0.3 is 9.64 Å². The summed E-state index contributed by atoms with van der Waals surface area (Å²) < 4.78 is 6.60. The van der Waals surface area contributed by atoms with Crippen molar-refractivity contribution in [2.75, 3.05) is 24.6 Å². The number of Topliss-reactive ketones (excluding diaryl/α,β-unsaturated/α-hetero) is 1. The quantitative estimate of drug-likeness (QED) is 0.714. The van der Waals surface area contributed by atoms with E-state index < -0.39 is 5.41 Å². The smallest absolute Gasteiger partial charge is 0.146 e. The monoisotopic (exact) mass is 366 g/mol. The largest absolute Gasteiger partial charge is 0.498 e. The van der Waals surface area contributed by atoms with Gasteiger partial charge in [-0.3, -0.25) is 9.78 Å². The van der Waals surface area contributed by atoms with Crippen LogP contribution in [0, 0.1) is 5.41 Å². The van der Waals surface area contributed by atoms with E-state index in [1.807, 2.05) is 19.9 Å². The lowest BCUT2D eigenvalue weighted by molar-refractivity contribution is -0.129. The normalized spacial score (nSPS) is 17.1. The lowest BCUT2D eigenvalue weighted by Gasteiger charge is -2.42. The van der Waals surface area contributed by atoms with Gasteiger partial charge in [0, 0.05) is 31.9 Å². The van der Waals surface area contributed by atoms with Crippen molar-refractivity contribution in [3.63, 3.8) is 0 Å². The van der Waals surface area contributed by atoms with Gasteiger partial charge in [-0.25, -0.2) is 0 Å². The van der Waals surface area contributed by atoms with E-state index in [4.69, 9.17) is 4.74 Å². The minimum atomic E-state index is -0.527. The van der Waals surface area contributed by atoms with Crippen LogP contribution in [-0.2, 0) is 9.53 Å². The molecule has 1 aliphatic rings. The van der Waals surface area contributed by atoms with Gasteiger partial charge in [0.15, 0.2) is 0 Å². The van der Waals surface area contributed by atoms with Gasteiger partial charge in [0.25, 0.3) is 0 Å². The van der Waals surface area contributed by atoms with E-state index in [2.05, 4.69) is 32.4 Å². The molecule has 1 fully saturated rings. The van der Waals surface area contributed by atoms with Gasteiger partial charge in [-0.2, -0.15) is 0 Å². The number of pyridine rings is 1. The van der Waals surface area contributed by atoms with Crippen LogP contribution in [0.1, 0.15) is 33.1 Å². The molecule has 0 spiro atoms. The van der Waals surface area contributed by atoms with Crippen LogP contribution in [0.4, 0.5) is 5.69 Å². The molecule has 0 amide bonds. The fourth-order valence-electron chi connectivity index (χ4n) is 3.12. The Bertz CT molecular complexity index is 551. The van der Waals surface area contributed by atoms with E-state index in [1.165, 1.54) is 0 Å². The maximum atomic E-state index is 12.5. The third-order valence-corrected chi connectivity index (χ3v) is 5.03. The summed E-state index contributed by atoms with van der Waals surface area (Å²) in [5.74, 6) is 0.870. The van der Waals surface area contributed by atoms with E-state index in [1.54, 1.807) is 12.4 Å². The zero-order valence-corrected chi connectivity index (χ0v) is 14.9. The van der Waals surface area contributed by atoms with Crippen molar-refractivity contribution in [1.29, 1.82) is 0 Å². The van der Waals surface area contributed by atoms with Crippen molar-refractivity contribution in [3.05, 3.63) is 35.3 Å². The number of ether oxygens (including phenoxy) is 1. The fourth-order valence-corrected chi connectivity index (χ4v) is 3.62. The molecule has 2 rings (SSSR count). The number of ketones is 1. The minimum absolute atomic E-state index is 0.236. The van der Waals surface area contributed by atoms with Crippen molar-refractivity contribution in [3.8, 4) is 0 Å². The fraction of sp³-hybridized carbons (Fsp3) is 0.529. The number of hydrogen-bond donors (Lipinski definition) is 0. The van der Waals surface area contributed by atoms with Crippen molar-refractivity contribution in [2.24, 2.45) is 5.41 Å². The minimum Gasteiger partial charge on any atom is -0.498 e. The number of hydrogen-bond acceptors (Lipinski definition) is 4. The second-order valence-electron chi connectivity index (χ2n) is 5.53. The number of carbonyl (C=O) groups excluding carboxylic acids is 1. The Morgan fingerprint density at radius 3 is 2.68 bits per heavy atom. The summed E-state index contributed by atoms with van der Waals surface area (Å²) in [4.78, 5) is 18.9. The summed E-state index contributed by atoms with van der Waals surface area (Å²) in [5.41, 5.74) is 0.593.